The van der Waals surface area contributed by atoms with E-state index >= 15 is 0 Å². The number of fused-ring (bicyclic) bond motifs is 2. The van der Waals surface area contributed by atoms with Crippen LogP contribution in [-0.2, 0) is 6.42 Å². The van der Waals surface area contributed by atoms with E-state index in [0.717, 1.165) is 12.1 Å². The summed E-state index contributed by atoms with van der Waals surface area (Å²) < 4.78 is 1.60. The van der Waals surface area contributed by atoms with E-state index < -0.39 is 0 Å². The molecule has 0 fully saturated rings. The van der Waals surface area contributed by atoms with Gasteiger partial charge < -0.3 is 0 Å². The van der Waals surface area contributed by atoms with Crippen LogP contribution in [0.25, 0.3) is 5.78 Å². The van der Waals surface area contributed by atoms with Gasteiger partial charge in [-0.05, 0) is 36.3 Å². The minimum absolute atomic E-state index is 0.136. The third-order valence-corrected chi connectivity index (χ3v) is 4.76. The molecule has 4 rings (SSSR count). The van der Waals surface area contributed by atoms with E-state index in [9.17, 15) is 4.79 Å². The standard InChI is InChI=1S/C19H20N4O/c1-11(2)13-4-6-14(7-5-13)15-8-17-16(18(24)9-15)10-23-19(21-17)20-12(3)22-23/h4-7,10-11,15H,8-9H2,1-3H3/t15-/m0/s1. The first-order valence-electron chi connectivity index (χ1n) is 8.37. The highest BCUT2D eigenvalue weighted by Crippen LogP contribution is 2.32. The van der Waals surface area contributed by atoms with Crippen LogP contribution in [-0.4, -0.2) is 25.4 Å². The van der Waals surface area contributed by atoms with Gasteiger partial charge in [-0.15, -0.1) is 0 Å². The van der Waals surface area contributed by atoms with Crippen LogP contribution >= 0.6 is 0 Å². The zero-order chi connectivity index (χ0) is 16.8. The van der Waals surface area contributed by atoms with Gasteiger partial charge in [0.15, 0.2) is 5.78 Å². The molecule has 0 unspecified atom stereocenters. The highest BCUT2D eigenvalue weighted by Gasteiger charge is 2.28. The van der Waals surface area contributed by atoms with Gasteiger partial charge in [0.05, 0.1) is 11.3 Å². The molecule has 0 saturated heterocycles. The van der Waals surface area contributed by atoms with Gasteiger partial charge in [0.1, 0.15) is 5.82 Å². The third-order valence-electron chi connectivity index (χ3n) is 4.76. The Morgan fingerprint density at radius 3 is 2.58 bits per heavy atom. The molecule has 0 aliphatic heterocycles. The van der Waals surface area contributed by atoms with Crippen molar-refractivity contribution in [1.82, 2.24) is 19.6 Å². The van der Waals surface area contributed by atoms with Gasteiger partial charge in [-0.3, -0.25) is 4.79 Å². The molecule has 0 bridgehead atoms. The summed E-state index contributed by atoms with van der Waals surface area (Å²) in [6, 6.07) is 8.63. The molecule has 1 aliphatic rings. The molecule has 5 heteroatoms. The van der Waals surface area contributed by atoms with E-state index in [1.54, 1.807) is 10.7 Å². The smallest absolute Gasteiger partial charge is 0.252 e. The summed E-state index contributed by atoms with van der Waals surface area (Å²) in [6.45, 7) is 6.20. The van der Waals surface area contributed by atoms with Gasteiger partial charge in [0.25, 0.3) is 5.78 Å². The van der Waals surface area contributed by atoms with Crippen molar-refractivity contribution in [2.75, 3.05) is 0 Å². The maximum Gasteiger partial charge on any atom is 0.252 e. The fourth-order valence-electron chi connectivity index (χ4n) is 3.38. The van der Waals surface area contributed by atoms with E-state index in [-0.39, 0.29) is 11.7 Å². The quantitative estimate of drug-likeness (QED) is 0.725. The highest BCUT2D eigenvalue weighted by molar-refractivity contribution is 5.98. The Morgan fingerprint density at radius 1 is 1.12 bits per heavy atom. The Bertz CT molecular complexity index is 924. The first-order valence-corrected chi connectivity index (χ1v) is 8.37. The topological polar surface area (TPSA) is 60.1 Å². The maximum atomic E-state index is 12.6. The Labute approximate surface area is 140 Å². The lowest BCUT2D eigenvalue weighted by Crippen LogP contribution is -2.21. The summed E-state index contributed by atoms with van der Waals surface area (Å²) in [6.07, 6.45) is 3.07. The van der Waals surface area contributed by atoms with Crippen LogP contribution in [0.4, 0.5) is 0 Å². The second kappa shape index (κ2) is 5.51. The highest BCUT2D eigenvalue weighted by atomic mass is 16.1. The number of aryl methyl sites for hydroxylation is 1. The van der Waals surface area contributed by atoms with E-state index in [2.05, 4.69) is 53.2 Å². The van der Waals surface area contributed by atoms with Crippen LogP contribution in [0.3, 0.4) is 0 Å². The average Bonchev–Trinajstić information content (AvgIpc) is 2.92. The Hall–Kier alpha value is -2.56. The van der Waals surface area contributed by atoms with E-state index in [1.807, 2.05) is 6.92 Å². The summed E-state index contributed by atoms with van der Waals surface area (Å²) >= 11 is 0. The first-order chi connectivity index (χ1) is 11.5. The zero-order valence-electron chi connectivity index (χ0n) is 14.2. The van der Waals surface area contributed by atoms with Crippen LogP contribution in [0, 0.1) is 6.92 Å². The summed E-state index contributed by atoms with van der Waals surface area (Å²) in [5.41, 5.74) is 4.05. The second-order valence-electron chi connectivity index (χ2n) is 6.85. The van der Waals surface area contributed by atoms with E-state index in [0.29, 0.717) is 29.5 Å². The number of benzene rings is 1. The Balaban J connectivity index is 1.69. The minimum atomic E-state index is 0.136. The Kier molecular flexibility index (Phi) is 3.44. The monoisotopic (exact) mass is 320 g/mol. The normalized spacial score (nSPS) is 17.5. The summed E-state index contributed by atoms with van der Waals surface area (Å²) in [4.78, 5) is 21.5. The lowest BCUT2D eigenvalue weighted by atomic mass is 9.81. The van der Waals surface area contributed by atoms with Crippen molar-refractivity contribution in [2.24, 2.45) is 0 Å². The molecule has 0 N–H and O–H groups in total. The maximum absolute atomic E-state index is 12.6. The molecular formula is C19H20N4O. The molecule has 1 aromatic carbocycles. The molecule has 3 aromatic rings. The molecule has 0 spiro atoms. The number of nitrogens with zero attached hydrogens (tertiary/aromatic N) is 4. The van der Waals surface area contributed by atoms with Gasteiger partial charge in [0.2, 0.25) is 0 Å². The lowest BCUT2D eigenvalue weighted by molar-refractivity contribution is 0.0962. The van der Waals surface area contributed by atoms with Crippen LogP contribution in [0.5, 0.6) is 0 Å². The van der Waals surface area contributed by atoms with Crippen molar-refractivity contribution in [3.63, 3.8) is 0 Å². The number of hydrogen-bond donors (Lipinski definition) is 0. The van der Waals surface area contributed by atoms with Crippen molar-refractivity contribution >= 4 is 11.6 Å². The Morgan fingerprint density at radius 2 is 1.88 bits per heavy atom. The molecule has 0 saturated carbocycles. The van der Waals surface area contributed by atoms with Crippen molar-refractivity contribution in [3.8, 4) is 0 Å². The largest absolute Gasteiger partial charge is 0.294 e. The molecule has 5 nitrogen and oxygen atoms in total. The molecule has 1 aliphatic carbocycles. The lowest BCUT2D eigenvalue weighted by Gasteiger charge is -2.23. The van der Waals surface area contributed by atoms with Crippen LogP contribution < -0.4 is 0 Å². The SMILES string of the molecule is Cc1nc2nc3c(cn2n1)C(=O)C[C@@H](c1ccc(C(C)C)cc1)C3. The molecule has 1 atom stereocenters. The molecule has 2 aromatic heterocycles. The second-order valence-corrected chi connectivity index (χ2v) is 6.85. The number of aromatic nitrogens is 4. The van der Waals surface area contributed by atoms with Gasteiger partial charge in [0, 0.05) is 12.6 Å². The van der Waals surface area contributed by atoms with Crippen molar-refractivity contribution in [2.45, 2.75) is 45.4 Å². The zero-order valence-corrected chi connectivity index (χ0v) is 14.2. The molecule has 24 heavy (non-hydrogen) atoms. The van der Waals surface area contributed by atoms with Gasteiger partial charge in [-0.2, -0.15) is 10.1 Å². The van der Waals surface area contributed by atoms with E-state index in [4.69, 9.17) is 0 Å². The first kappa shape index (κ1) is 15.0. The molecular weight excluding hydrogens is 300 g/mol. The number of hydrogen-bond acceptors (Lipinski definition) is 4. The molecule has 0 amide bonds. The predicted molar refractivity (Wildman–Crippen MR) is 91.4 cm³/mol. The molecule has 122 valence electrons. The van der Waals surface area contributed by atoms with Crippen molar-refractivity contribution in [1.29, 1.82) is 0 Å². The third kappa shape index (κ3) is 2.50. The minimum Gasteiger partial charge on any atom is -0.294 e. The fraction of sp³-hybridized carbons (Fsp3) is 0.368. The van der Waals surface area contributed by atoms with Gasteiger partial charge >= 0.3 is 0 Å². The summed E-state index contributed by atoms with van der Waals surface area (Å²) in [5, 5.41) is 4.25. The number of carbonyl (C=O) groups is 1. The average molecular weight is 320 g/mol. The summed E-state index contributed by atoms with van der Waals surface area (Å²) in [5.74, 6) is 2.06. The van der Waals surface area contributed by atoms with Gasteiger partial charge in [-0.25, -0.2) is 9.50 Å². The van der Waals surface area contributed by atoms with Crippen LogP contribution in [0.15, 0.2) is 30.5 Å². The summed E-state index contributed by atoms with van der Waals surface area (Å²) in [7, 11) is 0. The van der Waals surface area contributed by atoms with Crippen molar-refractivity contribution < 1.29 is 4.79 Å². The molecule has 2 heterocycles. The number of carbonyl (C=O) groups excluding carboxylic acids is 1. The van der Waals surface area contributed by atoms with Crippen molar-refractivity contribution in [3.05, 3.63) is 58.7 Å². The molecule has 0 radical (unpaired) electrons. The number of rotatable bonds is 2. The van der Waals surface area contributed by atoms with Crippen LogP contribution in [0.1, 0.15) is 65.1 Å². The van der Waals surface area contributed by atoms with Crippen LogP contribution in [0.2, 0.25) is 0 Å². The van der Waals surface area contributed by atoms with Gasteiger partial charge in [-0.1, -0.05) is 38.1 Å². The number of ketones is 1. The fourth-order valence-corrected chi connectivity index (χ4v) is 3.38. The predicted octanol–water partition coefficient (Wildman–Crippen LogP) is 3.47. The van der Waals surface area contributed by atoms with E-state index in [1.165, 1.54) is 11.1 Å². The number of Topliss-reactive ketones (excluding diaryl/α,β-unsaturated/α-hetero) is 1.